The zero-order valence-electron chi connectivity index (χ0n) is 18.0. The van der Waals surface area contributed by atoms with E-state index in [-0.39, 0.29) is 11.9 Å². The Bertz CT molecular complexity index is 487. The minimum Gasteiger partial charge on any atom is -0.393 e. The molecule has 2 heteroatoms. The molecule has 0 saturated heterocycles. The first-order valence-electron chi connectivity index (χ1n) is 11.2. The Labute approximate surface area is 167 Å². The highest BCUT2D eigenvalue weighted by Crippen LogP contribution is 2.38. The molecule has 1 fully saturated rings. The van der Waals surface area contributed by atoms with E-state index in [4.69, 9.17) is 0 Å². The van der Waals surface area contributed by atoms with Crippen molar-refractivity contribution in [2.75, 3.05) is 0 Å². The highest BCUT2D eigenvalue weighted by Gasteiger charge is 2.33. The average Bonchev–Trinajstić information content (AvgIpc) is 3.00. The number of hydrogen-bond acceptors (Lipinski definition) is 2. The number of aliphatic hydroxyl groups excluding tert-OH is 1. The number of rotatable bonds is 14. The highest BCUT2D eigenvalue weighted by molar-refractivity contribution is 5.75. The van der Waals surface area contributed by atoms with Gasteiger partial charge in [-0.15, -0.1) is 0 Å². The Kier molecular flexibility index (Phi) is 13.1. The Morgan fingerprint density at radius 3 is 2.56 bits per heavy atom. The zero-order chi connectivity index (χ0) is 19.9. The number of unbranched alkanes of at least 4 members (excludes halogenated alkanes) is 3. The maximum absolute atomic E-state index is 11.0. The van der Waals surface area contributed by atoms with Crippen LogP contribution in [0.1, 0.15) is 97.8 Å². The van der Waals surface area contributed by atoms with E-state index in [1.807, 2.05) is 0 Å². The standard InChI is InChI=1S/C25H42O2/c1-4-6-15-22(5-2)16-11-9-12-17-23-19-20-25(27)24(23)18-13-8-7-10-14-21(3)26/h5-6,8,13,15,23-25,27H,4,7,9-12,14,16-20H2,1-3H3/b13-8-,15-6-,22-5+/t23?,24-,25+/m1/s1. The predicted octanol–water partition coefficient (Wildman–Crippen LogP) is 6.94. The van der Waals surface area contributed by atoms with Crippen LogP contribution < -0.4 is 0 Å². The van der Waals surface area contributed by atoms with Crippen LogP contribution in [0.25, 0.3) is 0 Å². The van der Waals surface area contributed by atoms with Gasteiger partial charge in [-0.25, -0.2) is 0 Å². The van der Waals surface area contributed by atoms with Crippen molar-refractivity contribution in [3.05, 3.63) is 36.0 Å². The van der Waals surface area contributed by atoms with Crippen LogP contribution in [-0.2, 0) is 4.79 Å². The maximum atomic E-state index is 11.0. The second-order valence-electron chi connectivity index (χ2n) is 8.14. The molecule has 0 heterocycles. The zero-order valence-corrected chi connectivity index (χ0v) is 18.0. The second kappa shape index (κ2) is 14.9. The molecule has 2 nitrogen and oxygen atoms in total. The Morgan fingerprint density at radius 1 is 1.04 bits per heavy atom. The number of hydrogen-bond donors (Lipinski definition) is 1. The van der Waals surface area contributed by atoms with Gasteiger partial charge in [0.2, 0.25) is 0 Å². The van der Waals surface area contributed by atoms with Crippen LogP contribution in [0.15, 0.2) is 36.0 Å². The van der Waals surface area contributed by atoms with Gasteiger partial charge in [0.25, 0.3) is 0 Å². The van der Waals surface area contributed by atoms with Crippen LogP contribution in [-0.4, -0.2) is 17.0 Å². The van der Waals surface area contributed by atoms with E-state index in [9.17, 15) is 9.90 Å². The monoisotopic (exact) mass is 374 g/mol. The van der Waals surface area contributed by atoms with E-state index in [0.717, 1.165) is 32.1 Å². The Hall–Kier alpha value is -1.15. The molecular formula is C25H42O2. The van der Waals surface area contributed by atoms with Gasteiger partial charge in [-0.1, -0.05) is 62.1 Å². The van der Waals surface area contributed by atoms with Gasteiger partial charge in [0.05, 0.1) is 6.10 Å². The van der Waals surface area contributed by atoms with Gasteiger partial charge in [-0.3, -0.25) is 0 Å². The minimum atomic E-state index is -0.120. The first-order valence-corrected chi connectivity index (χ1v) is 11.2. The minimum absolute atomic E-state index is 0.120. The van der Waals surface area contributed by atoms with Crippen molar-refractivity contribution in [3.8, 4) is 0 Å². The molecule has 1 rings (SSSR count). The lowest BCUT2D eigenvalue weighted by Crippen LogP contribution is -2.18. The number of aliphatic hydroxyl groups is 1. The molecule has 0 bridgehead atoms. The number of allylic oxidation sites excluding steroid dienone is 6. The summed E-state index contributed by atoms with van der Waals surface area (Å²) < 4.78 is 0. The molecular weight excluding hydrogens is 332 g/mol. The van der Waals surface area contributed by atoms with Gasteiger partial charge in [-0.05, 0) is 77.0 Å². The van der Waals surface area contributed by atoms with E-state index < -0.39 is 0 Å². The van der Waals surface area contributed by atoms with Crippen LogP contribution in [0.5, 0.6) is 0 Å². The molecule has 0 aliphatic heterocycles. The molecule has 0 aromatic rings. The van der Waals surface area contributed by atoms with Gasteiger partial charge < -0.3 is 9.90 Å². The molecule has 27 heavy (non-hydrogen) atoms. The molecule has 0 radical (unpaired) electrons. The molecule has 1 aliphatic rings. The summed E-state index contributed by atoms with van der Waals surface area (Å²) in [6.07, 6.45) is 24.2. The van der Waals surface area contributed by atoms with E-state index in [0.29, 0.717) is 18.3 Å². The fourth-order valence-electron chi connectivity index (χ4n) is 4.18. The van der Waals surface area contributed by atoms with E-state index in [1.165, 1.54) is 44.1 Å². The van der Waals surface area contributed by atoms with Crippen molar-refractivity contribution >= 4 is 5.78 Å². The van der Waals surface area contributed by atoms with Crippen molar-refractivity contribution in [2.24, 2.45) is 11.8 Å². The summed E-state index contributed by atoms with van der Waals surface area (Å²) in [5, 5.41) is 10.3. The van der Waals surface area contributed by atoms with Crippen molar-refractivity contribution in [1.82, 2.24) is 0 Å². The van der Waals surface area contributed by atoms with E-state index in [2.05, 4.69) is 44.2 Å². The van der Waals surface area contributed by atoms with Gasteiger partial charge in [-0.2, -0.15) is 0 Å². The number of carbonyl (C=O) groups excluding carboxylic acids is 1. The summed E-state index contributed by atoms with van der Waals surface area (Å²) >= 11 is 0. The molecule has 0 aromatic carbocycles. The molecule has 1 N–H and O–H groups in total. The normalized spacial score (nSPS) is 23.7. The molecule has 1 aliphatic carbocycles. The molecule has 154 valence electrons. The Balaban J connectivity index is 2.24. The van der Waals surface area contributed by atoms with Crippen LogP contribution in [0.4, 0.5) is 0 Å². The molecule has 0 spiro atoms. The topological polar surface area (TPSA) is 37.3 Å². The Morgan fingerprint density at radius 2 is 1.85 bits per heavy atom. The number of Topliss-reactive ketones (excluding diaryl/α,β-unsaturated/α-hetero) is 1. The smallest absolute Gasteiger partial charge is 0.129 e. The largest absolute Gasteiger partial charge is 0.393 e. The molecule has 1 unspecified atom stereocenters. The fourth-order valence-corrected chi connectivity index (χ4v) is 4.18. The molecule has 0 aromatic heterocycles. The van der Waals surface area contributed by atoms with E-state index in [1.54, 1.807) is 6.92 Å². The van der Waals surface area contributed by atoms with Gasteiger partial charge >= 0.3 is 0 Å². The lowest BCUT2D eigenvalue weighted by atomic mass is 9.87. The molecule has 0 amide bonds. The summed E-state index contributed by atoms with van der Waals surface area (Å²) in [5.41, 5.74) is 1.46. The lowest BCUT2D eigenvalue weighted by molar-refractivity contribution is -0.117. The van der Waals surface area contributed by atoms with Crippen LogP contribution in [0.2, 0.25) is 0 Å². The van der Waals surface area contributed by atoms with Crippen LogP contribution in [0.3, 0.4) is 0 Å². The SMILES string of the molecule is C/C=C(\C=C/CC)CCCCCC1CC[C@H](O)[C@@H]1C/C=C\CCCC(C)=O. The summed E-state index contributed by atoms with van der Waals surface area (Å²) in [6.45, 7) is 5.97. The van der Waals surface area contributed by atoms with Crippen molar-refractivity contribution in [3.63, 3.8) is 0 Å². The first kappa shape index (κ1) is 23.9. The average molecular weight is 375 g/mol. The van der Waals surface area contributed by atoms with Crippen molar-refractivity contribution in [1.29, 1.82) is 0 Å². The summed E-state index contributed by atoms with van der Waals surface area (Å²) in [6, 6.07) is 0. The summed E-state index contributed by atoms with van der Waals surface area (Å²) in [5.74, 6) is 1.40. The quantitative estimate of drug-likeness (QED) is 0.203. The van der Waals surface area contributed by atoms with Gasteiger partial charge in [0.1, 0.15) is 5.78 Å². The van der Waals surface area contributed by atoms with Crippen molar-refractivity contribution < 1.29 is 9.90 Å². The third kappa shape index (κ3) is 10.7. The van der Waals surface area contributed by atoms with Crippen LogP contribution >= 0.6 is 0 Å². The predicted molar refractivity (Wildman–Crippen MR) is 117 cm³/mol. The maximum Gasteiger partial charge on any atom is 0.129 e. The summed E-state index contributed by atoms with van der Waals surface area (Å²) in [4.78, 5) is 11.0. The number of ketones is 1. The highest BCUT2D eigenvalue weighted by atomic mass is 16.3. The second-order valence-corrected chi connectivity index (χ2v) is 8.14. The molecule has 3 atom stereocenters. The fraction of sp³-hybridized carbons (Fsp3) is 0.720. The summed E-state index contributed by atoms with van der Waals surface area (Å²) in [7, 11) is 0. The van der Waals surface area contributed by atoms with Crippen molar-refractivity contribution in [2.45, 2.75) is 104 Å². The van der Waals surface area contributed by atoms with E-state index >= 15 is 0 Å². The first-order chi connectivity index (χ1) is 13.1. The van der Waals surface area contributed by atoms with Crippen LogP contribution in [0, 0.1) is 11.8 Å². The third-order valence-electron chi connectivity index (χ3n) is 5.89. The number of carbonyl (C=O) groups is 1. The van der Waals surface area contributed by atoms with Gasteiger partial charge in [0, 0.05) is 6.42 Å². The molecule has 1 saturated carbocycles. The van der Waals surface area contributed by atoms with Gasteiger partial charge in [0.15, 0.2) is 0 Å². The third-order valence-corrected chi connectivity index (χ3v) is 5.89. The lowest BCUT2D eigenvalue weighted by Gasteiger charge is -2.20.